The molecule has 0 saturated carbocycles. The summed E-state index contributed by atoms with van der Waals surface area (Å²) < 4.78 is 6.81. The van der Waals surface area contributed by atoms with E-state index in [0.29, 0.717) is 49.2 Å². The van der Waals surface area contributed by atoms with Gasteiger partial charge in [-0.3, -0.25) is 14.5 Å². The minimum Gasteiger partial charge on any atom is -0.360 e. The molecule has 2 aromatic heterocycles. The topological polar surface area (TPSA) is 96.5 Å². The number of carbonyl (C=O) groups is 2. The second kappa shape index (κ2) is 9.76. The number of hydrogen-bond donors (Lipinski definition) is 1. The lowest BCUT2D eigenvalue weighted by atomic mass is 10.1. The number of rotatable bonds is 6. The summed E-state index contributed by atoms with van der Waals surface area (Å²) in [6.45, 7) is 8.36. The van der Waals surface area contributed by atoms with Gasteiger partial charge in [0.25, 0.3) is 0 Å². The Morgan fingerprint density at radius 2 is 1.79 bits per heavy atom. The van der Waals surface area contributed by atoms with Crippen molar-refractivity contribution >= 4 is 29.2 Å². The Balaban J connectivity index is 1.31. The van der Waals surface area contributed by atoms with Gasteiger partial charge in [-0.2, -0.15) is 5.10 Å². The van der Waals surface area contributed by atoms with E-state index in [-0.39, 0.29) is 18.4 Å². The van der Waals surface area contributed by atoms with Crippen molar-refractivity contribution in [2.75, 3.05) is 38.0 Å². The lowest BCUT2D eigenvalue weighted by molar-refractivity contribution is -0.132. The summed E-state index contributed by atoms with van der Waals surface area (Å²) in [5.41, 5.74) is 3.64. The molecule has 33 heavy (non-hydrogen) atoms. The summed E-state index contributed by atoms with van der Waals surface area (Å²) in [4.78, 5) is 29.1. The molecule has 0 bridgehead atoms. The van der Waals surface area contributed by atoms with Crippen LogP contribution >= 0.6 is 11.6 Å². The number of hydrogen-bond acceptors (Lipinski definition) is 6. The number of piperazine rings is 1. The maximum atomic E-state index is 13.0. The molecule has 1 N–H and O–H groups in total. The van der Waals surface area contributed by atoms with E-state index in [1.807, 2.05) is 52.6 Å². The molecule has 1 aromatic carbocycles. The Kier molecular flexibility index (Phi) is 6.80. The van der Waals surface area contributed by atoms with Crippen molar-refractivity contribution in [1.82, 2.24) is 24.7 Å². The summed E-state index contributed by atoms with van der Waals surface area (Å²) in [6.07, 6.45) is 0.303. The van der Waals surface area contributed by atoms with Crippen LogP contribution in [0.15, 0.2) is 34.9 Å². The number of aryl methyl sites for hydroxylation is 2. The van der Waals surface area contributed by atoms with E-state index >= 15 is 0 Å². The van der Waals surface area contributed by atoms with Crippen LogP contribution in [-0.2, 0) is 16.0 Å². The highest BCUT2D eigenvalue weighted by Crippen LogP contribution is 2.21. The summed E-state index contributed by atoms with van der Waals surface area (Å²) in [5.74, 6) is 0.973. The molecule has 0 radical (unpaired) electrons. The SMILES string of the molecule is Cc1cc(NC(=O)CN2CCN(C(=O)Cc3c(C)nn(-c4ccc(Cl)cc4)c3C)CC2)no1. The minimum atomic E-state index is -0.149. The van der Waals surface area contributed by atoms with Crippen molar-refractivity contribution in [3.05, 3.63) is 58.1 Å². The number of halogens is 1. The molecule has 4 rings (SSSR count). The second-order valence-corrected chi connectivity index (χ2v) is 8.68. The molecule has 1 aliphatic rings. The molecule has 3 heterocycles. The fourth-order valence-electron chi connectivity index (χ4n) is 3.99. The molecular formula is C23H27ClN6O3. The van der Waals surface area contributed by atoms with Crippen LogP contribution in [0.5, 0.6) is 0 Å². The Hall–Kier alpha value is -3.17. The van der Waals surface area contributed by atoms with Gasteiger partial charge in [-0.15, -0.1) is 0 Å². The first-order valence-corrected chi connectivity index (χ1v) is 11.2. The number of carbonyl (C=O) groups excluding carboxylic acids is 2. The zero-order valence-corrected chi connectivity index (χ0v) is 19.7. The van der Waals surface area contributed by atoms with Crippen molar-refractivity contribution in [3.63, 3.8) is 0 Å². The van der Waals surface area contributed by atoms with Crippen LogP contribution in [-0.4, -0.2) is 69.3 Å². The fraction of sp³-hybridized carbons (Fsp3) is 0.391. The molecule has 1 aliphatic heterocycles. The largest absolute Gasteiger partial charge is 0.360 e. The molecular weight excluding hydrogens is 444 g/mol. The third-order valence-corrected chi connectivity index (χ3v) is 6.08. The van der Waals surface area contributed by atoms with Gasteiger partial charge in [0, 0.05) is 48.5 Å². The lowest BCUT2D eigenvalue weighted by Crippen LogP contribution is -2.50. The van der Waals surface area contributed by atoms with Gasteiger partial charge in [0.05, 0.1) is 24.3 Å². The van der Waals surface area contributed by atoms with Gasteiger partial charge in [-0.05, 0) is 45.0 Å². The average molecular weight is 471 g/mol. The Morgan fingerprint density at radius 3 is 2.42 bits per heavy atom. The van der Waals surface area contributed by atoms with Gasteiger partial charge in [0.15, 0.2) is 5.82 Å². The fourth-order valence-corrected chi connectivity index (χ4v) is 4.12. The predicted octanol–water partition coefficient (Wildman–Crippen LogP) is 2.76. The highest BCUT2D eigenvalue weighted by atomic mass is 35.5. The van der Waals surface area contributed by atoms with Crippen LogP contribution in [0.3, 0.4) is 0 Å². The van der Waals surface area contributed by atoms with E-state index in [0.717, 1.165) is 22.6 Å². The first-order valence-electron chi connectivity index (χ1n) is 10.8. The summed E-state index contributed by atoms with van der Waals surface area (Å²) in [7, 11) is 0. The van der Waals surface area contributed by atoms with Gasteiger partial charge >= 0.3 is 0 Å². The minimum absolute atomic E-state index is 0.0685. The lowest BCUT2D eigenvalue weighted by Gasteiger charge is -2.34. The monoisotopic (exact) mass is 470 g/mol. The molecule has 3 aromatic rings. The summed E-state index contributed by atoms with van der Waals surface area (Å²) in [5, 5.41) is 11.8. The average Bonchev–Trinajstić information content (AvgIpc) is 3.32. The first kappa shape index (κ1) is 23.0. The molecule has 1 fully saturated rings. The Bertz CT molecular complexity index is 1150. The second-order valence-electron chi connectivity index (χ2n) is 8.24. The molecule has 9 nitrogen and oxygen atoms in total. The molecule has 2 amide bonds. The molecule has 10 heteroatoms. The van der Waals surface area contributed by atoms with E-state index in [4.69, 9.17) is 16.1 Å². The van der Waals surface area contributed by atoms with Crippen LogP contribution in [0.1, 0.15) is 22.7 Å². The third kappa shape index (κ3) is 5.43. The normalized spacial score (nSPS) is 14.5. The third-order valence-electron chi connectivity index (χ3n) is 5.83. The molecule has 0 atom stereocenters. The number of aromatic nitrogens is 3. The van der Waals surface area contributed by atoms with Crippen molar-refractivity contribution in [3.8, 4) is 5.69 Å². The van der Waals surface area contributed by atoms with Crippen molar-refractivity contribution in [2.24, 2.45) is 0 Å². The van der Waals surface area contributed by atoms with Gasteiger partial charge in [-0.25, -0.2) is 4.68 Å². The van der Waals surface area contributed by atoms with Crippen LogP contribution < -0.4 is 5.32 Å². The first-order chi connectivity index (χ1) is 15.8. The van der Waals surface area contributed by atoms with Crippen LogP contribution in [0.2, 0.25) is 5.02 Å². The zero-order valence-electron chi connectivity index (χ0n) is 19.0. The quantitative estimate of drug-likeness (QED) is 0.595. The molecule has 1 saturated heterocycles. The zero-order chi connectivity index (χ0) is 23.5. The number of anilines is 1. The standard InChI is InChI=1S/C23H27ClN6O3/c1-15-12-21(27-33-15)25-22(31)14-28-8-10-29(11-9-28)23(32)13-20-16(2)26-30(17(20)3)19-6-4-18(24)5-7-19/h4-7,12H,8-11,13-14H2,1-3H3,(H,25,27,31). The van der Waals surface area contributed by atoms with E-state index in [1.54, 1.807) is 13.0 Å². The molecule has 0 spiro atoms. The molecule has 0 unspecified atom stereocenters. The number of benzene rings is 1. The Morgan fingerprint density at radius 1 is 1.09 bits per heavy atom. The maximum Gasteiger partial charge on any atom is 0.239 e. The molecule has 174 valence electrons. The maximum absolute atomic E-state index is 13.0. The van der Waals surface area contributed by atoms with Gasteiger partial charge < -0.3 is 14.7 Å². The van der Waals surface area contributed by atoms with Gasteiger partial charge in [-0.1, -0.05) is 16.8 Å². The number of amides is 2. The molecule has 0 aliphatic carbocycles. The van der Waals surface area contributed by atoms with Crippen molar-refractivity contribution in [1.29, 1.82) is 0 Å². The van der Waals surface area contributed by atoms with Crippen LogP contribution in [0.25, 0.3) is 5.69 Å². The van der Waals surface area contributed by atoms with Crippen molar-refractivity contribution < 1.29 is 14.1 Å². The van der Waals surface area contributed by atoms with Crippen molar-refractivity contribution in [2.45, 2.75) is 27.2 Å². The van der Waals surface area contributed by atoms with E-state index in [9.17, 15) is 9.59 Å². The predicted molar refractivity (Wildman–Crippen MR) is 125 cm³/mol. The van der Waals surface area contributed by atoms with Crippen LogP contribution in [0, 0.1) is 20.8 Å². The van der Waals surface area contributed by atoms with E-state index in [1.165, 1.54) is 0 Å². The summed E-state index contributed by atoms with van der Waals surface area (Å²) in [6, 6.07) is 9.14. The highest BCUT2D eigenvalue weighted by Gasteiger charge is 2.25. The number of nitrogens with zero attached hydrogens (tertiary/aromatic N) is 5. The Labute approximate surface area is 197 Å². The highest BCUT2D eigenvalue weighted by molar-refractivity contribution is 6.30. The number of nitrogens with one attached hydrogen (secondary N) is 1. The smallest absolute Gasteiger partial charge is 0.239 e. The van der Waals surface area contributed by atoms with E-state index in [2.05, 4.69) is 15.6 Å². The van der Waals surface area contributed by atoms with E-state index < -0.39 is 0 Å². The summed E-state index contributed by atoms with van der Waals surface area (Å²) >= 11 is 5.99. The van der Waals surface area contributed by atoms with Gasteiger partial charge in [0.2, 0.25) is 11.8 Å². The van der Waals surface area contributed by atoms with Crippen LogP contribution in [0.4, 0.5) is 5.82 Å². The van der Waals surface area contributed by atoms with Gasteiger partial charge in [0.1, 0.15) is 5.76 Å².